The molecule has 90 valence electrons. The number of rotatable bonds is 7. The smallest absolute Gasteiger partial charge is 0.308 e. The van der Waals surface area contributed by atoms with Crippen molar-refractivity contribution in [3.63, 3.8) is 0 Å². The highest BCUT2D eigenvalue weighted by Gasteiger charge is 2.12. The van der Waals surface area contributed by atoms with Crippen LogP contribution in [0.2, 0.25) is 0 Å². The van der Waals surface area contributed by atoms with Crippen LogP contribution in [0.1, 0.15) is 35.8 Å². The van der Waals surface area contributed by atoms with Gasteiger partial charge in [-0.15, -0.1) is 11.3 Å². The molecule has 5 heteroatoms. The number of aromatic nitrogens is 1. The Kier molecular flexibility index (Phi) is 5.84. The Morgan fingerprint density at radius 3 is 2.81 bits per heavy atom. The highest BCUT2D eigenvalue weighted by molar-refractivity contribution is 7.98. The summed E-state index contributed by atoms with van der Waals surface area (Å²) in [5.41, 5.74) is 0.958. The van der Waals surface area contributed by atoms with Crippen molar-refractivity contribution in [3.8, 4) is 0 Å². The van der Waals surface area contributed by atoms with Crippen molar-refractivity contribution in [2.45, 2.75) is 38.9 Å². The molecule has 0 amide bonds. The van der Waals surface area contributed by atoms with Gasteiger partial charge in [0.05, 0.1) is 12.1 Å². The zero-order chi connectivity index (χ0) is 12.0. The number of aliphatic carboxylic acids is 1. The molecule has 0 radical (unpaired) electrons. The van der Waals surface area contributed by atoms with Gasteiger partial charge < -0.3 is 5.11 Å². The van der Waals surface area contributed by atoms with Crippen LogP contribution in [-0.2, 0) is 23.4 Å². The highest BCUT2D eigenvalue weighted by atomic mass is 32.2. The SMILES string of the molecule is CCCSCc1nc(CC)c(CC(=O)O)s1. The normalized spacial score (nSPS) is 10.6. The monoisotopic (exact) mass is 259 g/mol. The van der Waals surface area contributed by atoms with Crippen molar-refractivity contribution in [1.29, 1.82) is 0 Å². The van der Waals surface area contributed by atoms with E-state index in [0.29, 0.717) is 0 Å². The molecule has 0 saturated carbocycles. The van der Waals surface area contributed by atoms with Gasteiger partial charge in [0.1, 0.15) is 5.01 Å². The van der Waals surface area contributed by atoms with Gasteiger partial charge in [-0.3, -0.25) is 4.79 Å². The van der Waals surface area contributed by atoms with Crippen LogP contribution in [0, 0.1) is 0 Å². The molecule has 3 nitrogen and oxygen atoms in total. The van der Waals surface area contributed by atoms with Crippen LogP contribution in [0.5, 0.6) is 0 Å². The Labute approximate surface area is 104 Å². The van der Waals surface area contributed by atoms with Crippen LogP contribution in [0.3, 0.4) is 0 Å². The third-order valence-corrected chi connectivity index (χ3v) is 4.50. The minimum atomic E-state index is -0.772. The molecular formula is C11H17NO2S2. The molecule has 0 aromatic carbocycles. The number of aryl methyl sites for hydroxylation is 1. The maximum absolute atomic E-state index is 10.7. The first-order chi connectivity index (χ1) is 7.67. The van der Waals surface area contributed by atoms with Crippen LogP contribution < -0.4 is 0 Å². The van der Waals surface area contributed by atoms with Crippen LogP contribution in [-0.4, -0.2) is 21.8 Å². The summed E-state index contributed by atoms with van der Waals surface area (Å²) < 4.78 is 0. The lowest BCUT2D eigenvalue weighted by Gasteiger charge is -1.93. The number of carbonyl (C=O) groups is 1. The molecule has 0 bridgehead atoms. The summed E-state index contributed by atoms with van der Waals surface area (Å²) in [5.74, 6) is 1.27. The zero-order valence-corrected chi connectivity index (χ0v) is 11.3. The van der Waals surface area contributed by atoms with Crippen LogP contribution in [0.15, 0.2) is 0 Å². The first-order valence-corrected chi connectivity index (χ1v) is 7.41. The van der Waals surface area contributed by atoms with Crippen molar-refractivity contribution in [1.82, 2.24) is 4.98 Å². The second kappa shape index (κ2) is 6.91. The largest absolute Gasteiger partial charge is 0.481 e. The summed E-state index contributed by atoms with van der Waals surface area (Å²) in [6.45, 7) is 4.17. The Hall–Kier alpha value is -0.550. The van der Waals surface area contributed by atoms with Crippen molar-refractivity contribution in [3.05, 3.63) is 15.6 Å². The Balaban J connectivity index is 2.65. The van der Waals surface area contributed by atoms with E-state index in [4.69, 9.17) is 5.11 Å². The number of nitrogens with zero attached hydrogens (tertiary/aromatic N) is 1. The predicted octanol–water partition coefficient (Wildman–Crippen LogP) is 2.98. The molecule has 1 aromatic heterocycles. The number of thiazole rings is 1. The molecule has 0 saturated heterocycles. The third-order valence-electron chi connectivity index (χ3n) is 2.04. The van der Waals surface area contributed by atoms with E-state index in [0.717, 1.165) is 33.5 Å². The van der Waals surface area contributed by atoms with E-state index >= 15 is 0 Å². The van der Waals surface area contributed by atoms with Gasteiger partial charge in [-0.05, 0) is 18.6 Å². The van der Waals surface area contributed by atoms with E-state index in [2.05, 4.69) is 11.9 Å². The first kappa shape index (κ1) is 13.5. The summed E-state index contributed by atoms with van der Waals surface area (Å²) in [7, 11) is 0. The van der Waals surface area contributed by atoms with Crippen LogP contribution in [0.4, 0.5) is 0 Å². The zero-order valence-electron chi connectivity index (χ0n) is 9.65. The van der Waals surface area contributed by atoms with E-state index in [9.17, 15) is 4.79 Å². The molecule has 0 fully saturated rings. The van der Waals surface area contributed by atoms with Crippen molar-refractivity contribution in [2.75, 3.05) is 5.75 Å². The standard InChI is InChI=1S/C11H17NO2S2/c1-3-5-15-7-10-12-8(4-2)9(16-10)6-11(13)14/h3-7H2,1-2H3,(H,13,14). The quantitative estimate of drug-likeness (QED) is 0.765. The third kappa shape index (κ3) is 4.14. The molecule has 1 heterocycles. The fourth-order valence-electron chi connectivity index (χ4n) is 1.35. The van der Waals surface area contributed by atoms with E-state index in [1.165, 1.54) is 6.42 Å². The molecule has 1 aromatic rings. The summed E-state index contributed by atoms with van der Waals surface area (Å²) in [4.78, 5) is 16.1. The Morgan fingerprint density at radius 2 is 2.25 bits per heavy atom. The van der Waals surface area contributed by atoms with Gasteiger partial charge in [-0.25, -0.2) is 4.98 Å². The second-order valence-corrected chi connectivity index (χ2v) is 5.73. The minimum absolute atomic E-state index is 0.110. The van der Waals surface area contributed by atoms with Gasteiger partial charge >= 0.3 is 5.97 Å². The van der Waals surface area contributed by atoms with Crippen molar-refractivity contribution >= 4 is 29.1 Å². The van der Waals surface area contributed by atoms with Gasteiger partial charge in [0, 0.05) is 10.6 Å². The maximum atomic E-state index is 10.7. The lowest BCUT2D eigenvalue weighted by atomic mass is 10.2. The summed E-state index contributed by atoms with van der Waals surface area (Å²) >= 11 is 3.41. The number of carboxylic acids is 1. The van der Waals surface area contributed by atoms with Gasteiger partial charge in [0.25, 0.3) is 0 Å². The molecule has 16 heavy (non-hydrogen) atoms. The number of hydrogen-bond donors (Lipinski definition) is 1. The van der Waals surface area contributed by atoms with Crippen molar-refractivity contribution < 1.29 is 9.90 Å². The van der Waals surface area contributed by atoms with E-state index in [-0.39, 0.29) is 6.42 Å². The predicted molar refractivity (Wildman–Crippen MR) is 69.3 cm³/mol. The fraction of sp³-hybridized carbons (Fsp3) is 0.636. The summed E-state index contributed by atoms with van der Waals surface area (Å²) in [6.07, 6.45) is 2.09. The molecule has 0 unspecified atom stereocenters. The molecule has 0 aliphatic rings. The molecule has 0 aliphatic heterocycles. The Bertz CT molecular complexity index is 350. The van der Waals surface area contributed by atoms with Gasteiger partial charge in [0.2, 0.25) is 0 Å². The molecular weight excluding hydrogens is 242 g/mol. The maximum Gasteiger partial charge on any atom is 0.308 e. The summed E-state index contributed by atoms with van der Waals surface area (Å²) in [5, 5.41) is 9.85. The van der Waals surface area contributed by atoms with Crippen LogP contribution in [0.25, 0.3) is 0 Å². The first-order valence-electron chi connectivity index (χ1n) is 5.44. The molecule has 1 rings (SSSR count). The number of carboxylic acid groups (broad SMARTS) is 1. The molecule has 0 aliphatic carbocycles. The minimum Gasteiger partial charge on any atom is -0.481 e. The lowest BCUT2D eigenvalue weighted by Crippen LogP contribution is -2.00. The van der Waals surface area contributed by atoms with Gasteiger partial charge in [-0.2, -0.15) is 11.8 Å². The van der Waals surface area contributed by atoms with Crippen molar-refractivity contribution in [2.24, 2.45) is 0 Å². The fourth-order valence-corrected chi connectivity index (χ4v) is 3.46. The highest BCUT2D eigenvalue weighted by Crippen LogP contribution is 2.23. The second-order valence-electron chi connectivity index (χ2n) is 3.45. The topological polar surface area (TPSA) is 50.2 Å². The van der Waals surface area contributed by atoms with E-state index in [1.807, 2.05) is 18.7 Å². The van der Waals surface area contributed by atoms with Crippen LogP contribution >= 0.6 is 23.1 Å². The number of thioether (sulfide) groups is 1. The lowest BCUT2D eigenvalue weighted by molar-refractivity contribution is -0.136. The van der Waals surface area contributed by atoms with Gasteiger partial charge in [0.15, 0.2) is 0 Å². The van der Waals surface area contributed by atoms with E-state index in [1.54, 1.807) is 11.3 Å². The molecule has 0 spiro atoms. The van der Waals surface area contributed by atoms with E-state index < -0.39 is 5.97 Å². The average Bonchev–Trinajstić information content (AvgIpc) is 2.60. The Morgan fingerprint density at radius 1 is 1.50 bits per heavy atom. The van der Waals surface area contributed by atoms with Gasteiger partial charge in [-0.1, -0.05) is 13.8 Å². The summed E-state index contributed by atoms with van der Waals surface area (Å²) in [6, 6.07) is 0. The molecule has 0 atom stereocenters. The number of hydrogen-bond acceptors (Lipinski definition) is 4. The molecule has 1 N–H and O–H groups in total. The average molecular weight is 259 g/mol.